The van der Waals surface area contributed by atoms with E-state index in [1.165, 1.54) is 0 Å². The summed E-state index contributed by atoms with van der Waals surface area (Å²) in [6.45, 7) is 2.70. The van der Waals surface area contributed by atoms with Crippen molar-refractivity contribution >= 4 is 23.6 Å². The lowest BCUT2D eigenvalue weighted by Gasteiger charge is -2.37. The first-order chi connectivity index (χ1) is 8.06. The fourth-order valence-electron chi connectivity index (χ4n) is 2.22. The van der Waals surface area contributed by atoms with Crippen LogP contribution in [0.1, 0.15) is 39.0 Å². The summed E-state index contributed by atoms with van der Waals surface area (Å²) in [7, 11) is 0. The van der Waals surface area contributed by atoms with Gasteiger partial charge in [-0.3, -0.25) is 9.59 Å². The Balaban J connectivity index is 2.58. The molecule has 0 aromatic heterocycles. The van der Waals surface area contributed by atoms with Crippen LogP contribution in [-0.2, 0) is 9.59 Å². The highest BCUT2D eigenvalue weighted by molar-refractivity contribution is 7.99. The number of hydrogen-bond acceptors (Lipinski definition) is 3. The maximum absolute atomic E-state index is 12.1. The lowest BCUT2D eigenvalue weighted by Crippen LogP contribution is -2.47. The number of aliphatic carboxylic acids is 1. The van der Waals surface area contributed by atoms with Crippen molar-refractivity contribution < 1.29 is 14.7 Å². The molecule has 5 heteroatoms. The van der Waals surface area contributed by atoms with Crippen LogP contribution in [-0.4, -0.2) is 46.0 Å². The molecule has 1 aliphatic heterocycles. The number of carbonyl (C=O) groups is 2. The Bertz CT molecular complexity index is 283. The highest BCUT2D eigenvalue weighted by Gasteiger charge is 2.29. The molecule has 4 nitrogen and oxygen atoms in total. The van der Waals surface area contributed by atoms with Gasteiger partial charge in [0, 0.05) is 19.0 Å². The van der Waals surface area contributed by atoms with Crippen LogP contribution in [0.15, 0.2) is 0 Å². The van der Waals surface area contributed by atoms with E-state index in [2.05, 4.69) is 0 Å². The van der Waals surface area contributed by atoms with Crippen LogP contribution in [0.4, 0.5) is 0 Å². The van der Waals surface area contributed by atoms with Gasteiger partial charge in [-0.15, -0.1) is 0 Å². The van der Waals surface area contributed by atoms with Crippen molar-refractivity contribution in [3.63, 3.8) is 0 Å². The molecule has 17 heavy (non-hydrogen) atoms. The van der Waals surface area contributed by atoms with Crippen LogP contribution in [0, 0.1) is 0 Å². The number of rotatable bonds is 5. The average Bonchev–Trinajstić information content (AvgIpc) is 2.34. The first-order valence-electron chi connectivity index (χ1n) is 6.11. The topological polar surface area (TPSA) is 57.6 Å². The second-order valence-corrected chi connectivity index (χ2v) is 5.67. The zero-order valence-corrected chi connectivity index (χ0v) is 11.3. The van der Waals surface area contributed by atoms with Crippen molar-refractivity contribution in [2.24, 2.45) is 0 Å². The highest BCUT2D eigenvalue weighted by atomic mass is 32.2. The van der Waals surface area contributed by atoms with E-state index >= 15 is 0 Å². The molecule has 0 spiro atoms. The van der Waals surface area contributed by atoms with Crippen molar-refractivity contribution in [2.75, 3.05) is 12.8 Å². The van der Waals surface area contributed by atoms with Crippen molar-refractivity contribution in [1.82, 2.24) is 4.90 Å². The molecule has 1 N–H and O–H groups in total. The van der Waals surface area contributed by atoms with Gasteiger partial charge in [-0.05, 0) is 38.9 Å². The van der Waals surface area contributed by atoms with Crippen LogP contribution < -0.4 is 0 Å². The minimum Gasteiger partial charge on any atom is -0.481 e. The third-order valence-electron chi connectivity index (χ3n) is 3.30. The van der Waals surface area contributed by atoms with E-state index in [-0.39, 0.29) is 23.6 Å². The van der Waals surface area contributed by atoms with Gasteiger partial charge in [-0.2, -0.15) is 11.8 Å². The van der Waals surface area contributed by atoms with E-state index in [4.69, 9.17) is 5.11 Å². The number of amides is 1. The normalized spacial score (nSPS) is 22.2. The van der Waals surface area contributed by atoms with Gasteiger partial charge < -0.3 is 10.0 Å². The Kier molecular flexibility index (Phi) is 5.82. The van der Waals surface area contributed by atoms with E-state index in [0.29, 0.717) is 6.42 Å². The summed E-state index contributed by atoms with van der Waals surface area (Å²) in [6.07, 6.45) is 5.75. The van der Waals surface area contributed by atoms with Crippen LogP contribution >= 0.6 is 11.8 Å². The summed E-state index contributed by atoms with van der Waals surface area (Å²) < 4.78 is 0. The second kappa shape index (κ2) is 6.89. The lowest BCUT2D eigenvalue weighted by molar-refractivity contribution is -0.139. The Hall–Kier alpha value is -0.710. The maximum Gasteiger partial charge on any atom is 0.303 e. The van der Waals surface area contributed by atoms with E-state index in [9.17, 15) is 9.59 Å². The zero-order chi connectivity index (χ0) is 12.8. The second-order valence-electron chi connectivity index (χ2n) is 4.49. The fourth-order valence-corrected chi connectivity index (χ4v) is 2.55. The third-order valence-corrected chi connectivity index (χ3v) is 4.21. The number of carbonyl (C=O) groups excluding carboxylic acids is 1. The maximum atomic E-state index is 12.1. The minimum atomic E-state index is -0.777. The number of piperidine rings is 1. The predicted octanol–water partition coefficient (Wildman–Crippen LogP) is 1.98. The molecule has 1 saturated heterocycles. The van der Waals surface area contributed by atoms with Crippen molar-refractivity contribution in [2.45, 2.75) is 50.3 Å². The molecule has 2 atom stereocenters. The smallest absolute Gasteiger partial charge is 0.303 e. The molecule has 1 aliphatic rings. The van der Waals surface area contributed by atoms with E-state index in [1.54, 1.807) is 11.8 Å². The molecule has 1 amide bonds. The van der Waals surface area contributed by atoms with Gasteiger partial charge in [0.2, 0.25) is 5.91 Å². The Morgan fingerprint density at radius 3 is 2.76 bits per heavy atom. The summed E-state index contributed by atoms with van der Waals surface area (Å²) >= 11 is 1.55. The van der Waals surface area contributed by atoms with E-state index in [0.717, 1.165) is 25.8 Å². The van der Waals surface area contributed by atoms with Gasteiger partial charge in [-0.25, -0.2) is 0 Å². The van der Waals surface area contributed by atoms with Crippen LogP contribution in [0.5, 0.6) is 0 Å². The Labute approximate surface area is 107 Å². The fraction of sp³-hybridized carbons (Fsp3) is 0.833. The largest absolute Gasteiger partial charge is 0.481 e. The summed E-state index contributed by atoms with van der Waals surface area (Å²) in [5, 5.41) is 8.69. The number of carboxylic acids is 1. The molecular formula is C12H21NO3S. The summed E-state index contributed by atoms with van der Waals surface area (Å²) in [4.78, 5) is 24.6. The van der Waals surface area contributed by atoms with Crippen LogP contribution in [0.25, 0.3) is 0 Å². The zero-order valence-electron chi connectivity index (χ0n) is 10.5. The van der Waals surface area contributed by atoms with Crippen LogP contribution in [0.2, 0.25) is 0 Å². The first-order valence-corrected chi connectivity index (χ1v) is 7.40. The summed E-state index contributed by atoms with van der Waals surface area (Å²) in [5.41, 5.74) is 0. The van der Waals surface area contributed by atoms with Gasteiger partial charge in [0.1, 0.15) is 0 Å². The minimum absolute atomic E-state index is 0.0274. The third kappa shape index (κ3) is 4.22. The number of hydrogen-bond donors (Lipinski definition) is 1. The molecule has 0 aromatic rings. The van der Waals surface area contributed by atoms with E-state index in [1.807, 2.05) is 18.1 Å². The monoisotopic (exact) mass is 259 g/mol. The van der Waals surface area contributed by atoms with Gasteiger partial charge >= 0.3 is 5.97 Å². The molecule has 0 aromatic carbocycles. The Morgan fingerprint density at radius 1 is 1.47 bits per heavy atom. The van der Waals surface area contributed by atoms with Crippen molar-refractivity contribution in [3.05, 3.63) is 0 Å². The lowest BCUT2D eigenvalue weighted by atomic mass is 9.97. The van der Waals surface area contributed by atoms with Crippen molar-refractivity contribution in [1.29, 1.82) is 0 Å². The average molecular weight is 259 g/mol. The molecular weight excluding hydrogens is 238 g/mol. The Morgan fingerprint density at radius 2 is 2.18 bits per heavy atom. The number of nitrogens with zero attached hydrogens (tertiary/aromatic N) is 1. The molecule has 1 heterocycles. The number of likely N-dealkylation sites (tertiary alicyclic amines) is 1. The summed E-state index contributed by atoms with van der Waals surface area (Å²) in [6, 6.07) is 0.127. The predicted molar refractivity (Wildman–Crippen MR) is 69.2 cm³/mol. The van der Waals surface area contributed by atoms with Gasteiger partial charge in [-0.1, -0.05) is 0 Å². The summed E-state index contributed by atoms with van der Waals surface area (Å²) in [5.74, 6) is -0.617. The van der Waals surface area contributed by atoms with Gasteiger partial charge in [0.25, 0.3) is 0 Å². The molecule has 98 valence electrons. The molecule has 1 fully saturated rings. The number of carboxylic acid groups (broad SMARTS) is 1. The highest BCUT2D eigenvalue weighted by Crippen LogP contribution is 2.23. The van der Waals surface area contributed by atoms with Gasteiger partial charge in [0.05, 0.1) is 5.25 Å². The van der Waals surface area contributed by atoms with E-state index < -0.39 is 5.97 Å². The molecule has 0 aliphatic carbocycles. The first kappa shape index (κ1) is 14.4. The molecule has 0 unspecified atom stereocenters. The molecule has 0 saturated carbocycles. The van der Waals surface area contributed by atoms with Crippen LogP contribution in [0.3, 0.4) is 0 Å². The quantitative estimate of drug-likeness (QED) is 0.820. The molecule has 0 bridgehead atoms. The number of thioether (sulfide) groups is 1. The van der Waals surface area contributed by atoms with Crippen molar-refractivity contribution in [3.8, 4) is 0 Å². The molecule has 0 radical (unpaired) electrons. The standard InChI is InChI=1S/C12H21NO3S/c1-9(17-2)12(16)13-8-4-3-5-10(13)6-7-11(14)15/h9-10H,3-8H2,1-2H3,(H,14,15)/t9-,10-/m1/s1. The van der Waals surface area contributed by atoms with Gasteiger partial charge in [0.15, 0.2) is 0 Å². The SMILES string of the molecule is CS[C@H](C)C(=O)N1CCCC[C@@H]1CCC(=O)O. The molecule has 1 rings (SSSR count).